The van der Waals surface area contributed by atoms with Crippen molar-refractivity contribution in [1.29, 1.82) is 0 Å². The van der Waals surface area contributed by atoms with Crippen LogP contribution in [-0.2, 0) is 20.8 Å². The van der Waals surface area contributed by atoms with Gasteiger partial charge >= 0.3 is 0 Å². The van der Waals surface area contributed by atoms with Crippen LogP contribution in [0.2, 0.25) is 4.34 Å². The van der Waals surface area contributed by atoms with Crippen molar-refractivity contribution in [3.63, 3.8) is 0 Å². The van der Waals surface area contributed by atoms with Gasteiger partial charge in [0.1, 0.15) is 28.0 Å². The lowest BCUT2D eigenvalue weighted by molar-refractivity contribution is -0.349. The molecule has 37 heavy (non-hydrogen) atoms. The molecular weight excluding hydrogens is 562 g/mol. The molecule has 2 aromatic rings. The number of carbonyl (C=O) groups is 3. The van der Waals surface area contributed by atoms with E-state index >= 15 is 0 Å². The summed E-state index contributed by atoms with van der Waals surface area (Å²) in [4.78, 5) is 48.0. The summed E-state index contributed by atoms with van der Waals surface area (Å²) >= 11 is 9.36. The predicted octanol–water partition coefficient (Wildman–Crippen LogP) is -1.11. The number of rotatable bonds is 7. The summed E-state index contributed by atoms with van der Waals surface area (Å²) < 4.78 is 0.0331. The number of carboxylic acids is 1. The molecule has 0 bridgehead atoms. The molecule has 2 aliphatic heterocycles. The number of nitrogens with two attached hydrogens (primary N) is 1. The summed E-state index contributed by atoms with van der Waals surface area (Å²) in [5, 5.41) is 26.2. The Morgan fingerprint density at radius 2 is 2.24 bits per heavy atom. The molecule has 2 amide bonds. The van der Waals surface area contributed by atoms with Gasteiger partial charge in [0.05, 0.1) is 11.7 Å². The molecule has 4 heterocycles. The van der Waals surface area contributed by atoms with E-state index in [1.165, 1.54) is 23.5 Å². The number of carbonyl (C=O) groups excluding carboxylic acids is 3. The van der Waals surface area contributed by atoms with E-state index in [1.807, 2.05) is 0 Å². The number of fused-ring (bicyclic) bond motifs is 1. The zero-order chi connectivity index (χ0) is 26.7. The highest BCUT2D eigenvalue weighted by Crippen LogP contribution is 2.45. The van der Waals surface area contributed by atoms with E-state index < -0.39 is 34.9 Å². The molecule has 2 aliphatic rings. The summed E-state index contributed by atoms with van der Waals surface area (Å²) in [6.07, 6.45) is 3.65. The summed E-state index contributed by atoms with van der Waals surface area (Å²) in [6.45, 7) is 0.464. The van der Waals surface area contributed by atoms with Crippen LogP contribution in [0.5, 0.6) is 0 Å². The van der Waals surface area contributed by atoms with Crippen LogP contribution >= 0.6 is 46.5 Å². The van der Waals surface area contributed by atoms with Gasteiger partial charge in [0, 0.05) is 34.4 Å². The number of nitrogen functional groups attached to an aromatic ring is 1. The molecule has 16 heteroatoms. The number of halogens is 1. The molecule has 192 valence electrons. The molecule has 1 saturated heterocycles. The summed E-state index contributed by atoms with van der Waals surface area (Å²) in [5.41, 5.74) is 9.15. The Hall–Kier alpha value is -3.29. The third-order valence-corrected chi connectivity index (χ3v) is 8.92. The number of β-lactam (4-membered cyclic amide) rings is 1. The van der Waals surface area contributed by atoms with Gasteiger partial charge in [0.15, 0.2) is 10.8 Å². The van der Waals surface area contributed by atoms with E-state index in [1.54, 1.807) is 18.5 Å². The van der Waals surface area contributed by atoms with Crippen molar-refractivity contribution in [3.8, 4) is 11.8 Å². The van der Waals surface area contributed by atoms with Crippen LogP contribution in [0.15, 0.2) is 39.1 Å². The number of hydrogen-bond acceptors (Lipinski definition) is 12. The molecule has 4 rings (SSSR count). The maximum Gasteiger partial charge on any atom is 0.276 e. The number of pyridine rings is 1. The topological polar surface area (TPSA) is 202 Å². The van der Waals surface area contributed by atoms with Gasteiger partial charge in [-0.05, 0) is 17.6 Å². The number of aromatic nitrogens is 2. The smallest absolute Gasteiger partial charge is 0.276 e. The number of quaternary nitrogens is 1. The first-order chi connectivity index (χ1) is 17.8. The zero-order valence-electron chi connectivity index (χ0n) is 18.8. The van der Waals surface area contributed by atoms with E-state index in [0.717, 1.165) is 26.7 Å². The van der Waals surface area contributed by atoms with E-state index in [4.69, 9.17) is 17.3 Å². The molecule has 1 fully saturated rings. The normalized spacial score (nSPS) is 19.0. The Labute approximate surface area is 227 Å². The minimum atomic E-state index is -1.51. The largest absolute Gasteiger partial charge is 0.543 e. The van der Waals surface area contributed by atoms with Crippen LogP contribution in [0, 0.1) is 11.8 Å². The van der Waals surface area contributed by atoms with Crippen molar-refractivity contribution in [3.05, 3.63) is 44.7 Å². The number of nitrogens with one attached hydrogen (secondary N) is 1. The highest BCUT2D eigenvalue weighted by atomic mass is 35.5. The van der Waals surface area contributed by atoms with Gasteiger partial charge in [0.25, 0.3) is 11.8 Å². The van der Waals surface area contributed by atoms with Gasteiger partial charge < -0.3 is 31.9 Å². The quantitative estimate of drug-likeness (QED) is 0.102. The first kappa shape index (κ1) is 26.8. The van der Waals surface area contributed by atoms with Crippen molar-refractivity contribution in [2.24, 2.45) is 5.16 Å². The van der Waals surface area contributed by atoms with Crippen LogP contribution < -0.4 is 21.9 Å². The fraction of sp³-hybridized carbons (Fsp3) is 0.238. The third kappa shape index (κ3) is 5.38. The van der Waals surface area contributed by atoms with Crippen molar-refractivity contribution in [2.75, 3.05) is 18.0 Å². The number of oxime groups is 1. The van der Waals surface area contributed by atoms with Crippen molar-refractivity contribution >= 4 is 75.1 Å². The molecule has 0 unspecified atom stereocenters. The second kappa shape index (κ2) is 11.4. The fourth-order valence-corrected chi connectivity index (χ4v) is 7.05. The summed E-state index contributed by atoms with van der Waals surface area (Å²) in [7, 11) is 0. The second-order valence-corrected chi connectivity index (χ2v) is 11.3. The number of thioether (sulfide) groups is 2. The number of anilines is 1. The number of aliphatic carboxylic acids is 1. The van der Waals surface area contributed by atoms with Crippen LogP contribution in [0.4, 0.5) is 5.13 Å². The maximum atomic E-state index is 13.0. The third-order valence-electron chi connectivity index (χ3n) is 5.18. The van der Waals surface area contributed by atoms with E-state index in [-0.39, 0.29) is 26.6 Å². The first-order valence-corrected chi connectivity index (χ1v) is 13.5. The molecule has 0 aliphatic carbocycles. The minimum absolute atomic E-state index is 0.0331. The fourth-order valence-electron chi connectivity index (χ4n) is 3.56. The molecule has 2 atom stereocenters. The monoisotopic (exact) mass is 579 g/mol. The lowest BCUT2D eigenvalue weighted by Gasteiger charge is -2.50. The molecule has 12 nitrogen and oxygen atoms in total. The molecule has 2 aromatic heterocycles. The number of amides is 2. The molecule has 0 radical (unpaired) electrons. The maximum absolute atomic E-state index is 13.0. The average molecular weight is 580 g/mol. The van der Waals surface area contributed by atoms with Gasteiger partial charge in [-0.3, -0.25) is 19.5 Å². The van der Waals surface area contributed by atoms with Gasteiger partial charge in [-0.25, -0.2) is 4.98 Å². The predicted molar refractivity (Wildman–Crippen MR) is 136 cm³/mol. The molecule has 0 saturated carbocycles. The first-order valence-electron chi connectivity index (χ1n) is 10.5. The zero-order valence-corrected chi connectivity index (χ0v) is 22.0. The lowest BCUT2D eigenvalue weighted by atomic mass is 10.0. The Bertz CT molecular complexity index is 1400. The second-order valence-electron chi connectivity index (χ2n) is 7.41. The molecule has 0 spiro atoms. The standard InChI is InChI=1S/C21H18ClN7O5S3/c22-16-12(27-21(24)37-16)13(28-34)17(30)26-14-18(31)29-15(20(32)33)11(8-35-19(14)29)36-10-4-6-25-7-9(10)3-1-2-5-23/h4,6-7,14,19,34H,3,5,8,23H2,(H2,24,27)(H,26,30)(H,32,33)/b28-13-/t14-,19-/m1/s1. The van der Waals surface area contributed by atoms with Crippen molar-refractivity contribution in [2.45, 2.75) is 22.7 Å². The number of thiazole rings is 1. The van der Waals surface area contributed by atoms with Crippen LogP contribution in [0.3, 0.4) is 0 Å². The number of hydrogen-bond donors (Lipinski definition) is 4. The Morgan fingerprint density at radius 3 is 2.89 bits per heavy atom. The van der Waals surface area contributed by atoms with Gasteiger partial charge in [-0.15, -0.1) is 11.8 Å². The highest BCUT2D eigenvalue weighted by Gasteiger charge is 2.53. The summed E-state index contributed by atoms with van der Waals surface area (Å²) in [5.74, 6) is 3.03. The van der Waals surface area contributed by atoms with E-state index in [9.17, 15) is 24.7 Å². The number of nitrogens with zero attached hydrogens (tertiary/aromatic N) is 4. The Morgan fingerprint density at radius 1 is 1.46 bits per heavy atom. The number of carboxylic acid groups (broad SMARTS) is 1. The molecule has 7 N–H and O–H groups in total. The Kier molecular flexibility index (Phi) is 8.25. The minimum Gasteiger partial charge on any atom is -0.543 e. The van der Waals surface area contributed by atoms with Gasteiger partial charge in [-0.2, -0.15) is 0 Å². The van der Waals surface area contributed by atoms with Crippen LogP contribution in [0.25, 0.3) is 0 Å². The van der Waals surface area contributed by atoms with Crippen LogP contribution in [0.1, 0.15) is 11.3 Å². The Balaban J connectivity index is 1.54. The lowest BCUT2D eigenvalue weighted by Crippen LogP contribution is -2.71. The van der Waals surface area contributed by atoms with Crippen molar-refractivity contribution < 1.29 is 30.4 Å². The van der Waals surface area contributed by atoms with Gasteiger partial charge in [-0.1, -0.05) is 45.8 Å². The molecular formula is C21H18ClN7O5S3. The summed E-state index contributed by atoms with van der Waals surface area (Å²) in [6, 6.07) is 0.676. The van der Waals surface area contributed by atoms with E-state index in [2.05, 4.69) is 38.0 Å². The van der Waals surface area contributed by atoms with Crippen molar-refractivity contribution in [1.82, 2.24) is 20.2 Å². The average Bonchev–Trinajstić information content (AvgIpc) is 3.20. The SMILES string of the molecule is Nc1nc(/C(=N/O)C(=O)N[C@@H]2C(=O)N3C(C(=O)[O-])=C(Sc4ccncc4CC#CC[NH3+])CS[C@H]23)c(Cl)s1. The van der Waals surface area contributed by atoms with Gasteiger partial charge in [0.2, 0.25) is 0 Å². The molecule has 0 aromatic carbocycles. The van der Waals surface area contributed by atoms with Crippen LogP contribution in [-0.4, -0.2) is 67.3 Å². The highest BCUT2D eigenvalue weighted by molar-refractivity contribution is 8.06. The van der Waals surface area contributed by atoms with E-state index in [0.29, 0.717) is 17.9 Å².